The minimum Gasteiger partial charge on any atom is -0.508 e. The van der Waals surface area contributed by atoms with Crippen LogP contribution in [-0.4, -0.2) is 132 Å². The maximum atomic E-state index is 13.4. The maximum Gasteiger partial charge on any atom is 0.338 e. The fourth-order valence-corrected chi connectivity index (χ4v) is 5.07. The molecule has 0 saturated heterocycles. The molecule has 18 heteroatoms. The fraction of sp³-hybridized carbons (Fsp3) is 0.441. The third kappa shape index (κ3) is 10.8. The lowest BCUT2D eigenvalue weighted by Crippen LogP contribution is -2.40. The number of esters is 1. The van der Waals surface area contributed by atoms with Crippen molar-refractivity contribution in [2.24, 2.45) is 5.73 Å². The standard InChI is InChI=1S/C34H43NO17/c35-1-2-45-3-4-46-5-6-47-7-8-48-9-10-49-11-12-50-32-28-22(37)17-21(36)18-27(28)51-31(19-13-23(38)29(42)24(39)14-19)33(32)52-34(44)20-15-25(40)30(43)26(41)16-20/h13-18,31-33,36-43H,1-12,35H2. The Hall–Kier alpha value is -4.95. The van der Waals surface area contributed by atoms with Crippen LogP contribution in [0.1, 0.15) is 33.7 Å². The van der Waals surface area contributed by atoms with E-state index < -0.39 is 70.1 Å². The van der Waals surface area contributed by atoms with Crippen LogP contribution in [0.25, 0.3) is 0 Å². The SMILES string of the molecule is NCCOCCOCCOCCOCCOCCOC1c2c(O)cc(O)cc2OC(c2cc(O)c(O)c(O)c2)C1OC(=O)c1cc(O)c(O)c(O)c1. The van der Waals surface area contributed by atoms with Gasteiger partial charge in [-0.2, -0.15) is 0 Å². The normalized spacial score (nSPS) is 16.7. The van der Waals surface area contributed by atoms with Gasteiger partial charge in [-0.3, -0.25) is 0 Å². The van der Waals surface area contributed by atoms with Crippen LogP contribution in [0.5, 0.6) is 51.7 Å². The quantitative estimate of drug-likeness (QED) is 0.0428. The van der Waals surface area contributed by atoms with Crippen molar-refractivity contribution in [2.75, 3.05) is 79.2 Å². The highest BCUT2D eigenvalue weighted by atomic mass is 16.6. The van der Waals surface area contributed by atoms with Gasteiger partial charge in [-0.15, -0.1) is 0 Å². The first-order valence-electron chi connectivity index (χ1n) is 16.2. The average molecular weight is 738 g/mol. The summed E-state index contributed by atoms with van der Waals surface area (Å²) in [5.41, 5.74) is 4.88. The van der Waals surface area contributed by atoms with Crippen LogP contribution in [0.2, 0.25) is 0 Å². The number of hydrogen-bond acceptors (Lipinski definition) is 18. The van der Waals surface area contributed by atoms with E-state index in [1.165, 1.54) is 0 Å². The number of phenolic OH excluding ortho intramolecular Hbond substituents is 8. The number of benzene rings is 3. The number of nitrogens with two attached hydrogens (primary N) is 1. The van der Waals surface area contributed by atoms with Crippen LogP contribution < -0.4 is 10.5 Å². The van der Waals surface area contributed by atoms with Gasteiger partial charge in [0.15, 0.2) is 46.7 Å². The van der Waals surface area contributed by atoms with Crippen LogP contribution >= 0.6 is 0 Å². The van der Waals surface area contributed by atoms with Crippen LogP contribution in [0, 0.1) is 0 Å². The third-order valence-electron chi connectivity index (χ3n) is 7.48. The smallest absolute Gasteiger partial charge is 0.338 e. The maximum absolute atomic E-state index is 13.4. The molecule has 0 aromatic heterocycles. The molecule has 1 heterocycles. The Kier molecular flexibility index (Phi) is 15.0. The summed E-state index contributed by atoms with van der Waals surface area (Å²) in [5.74, 6) is -6.94. The summed E-state index contributed by atoms with van der Waals surface area (Å²) in [7, 11) is 0. The molecule has 0 radical (unpaired) electrons. The molecule has 3 aromatic carbocycles. The first-order valence-corrected chi connectivity index (χ1v) is 16.2. The van der Waals surface area contributed by atoms with Gasteiger partial charge >= 0.3 is 5.97 Å². The second-order valence-electron chi connectivity index (χ2n) is 11.2. The van der Waals surface area contributed by atoms with Gasteiger partial charge in [0.2, 0.25) is 0 Å². The molecule has 0 amide bonds. The second kappa shape index (κ2) is 19.6. The number of ether oxygens (including phenoxy) is 8. The van der Waals surface area contributed by atoms with E-state index >= 15 is 0 Å². The van der Waals surface area contributed by atoms with Crippen molar-refractivity contribution in [2.45, 2.75) is 18.3 Å². The van der Waals surface area contributed by atoms with E-state index in [1.54, 1.807) is 0 Å². The molecule has 4 rings (SSSR count). The molecule has 52 heavy (non-hydrogen) atoms. The lowest BCUT2D eigenvalue weighted by Gasteiger charge is -2.39. The van der Waals surface area contributed by atoms with E-state index in [0.29, 0.717) is 52.8 Å². The van der Waals surface area contributed by atoms with E-state index in [2.05, 4.69) is 0 Å². The largest absolute Gasteiger partial charge is 0.508 e. The number of phenols is 8. The minimum atomic E-state index is -1.53. The number of hydrogen-bond donors (Lipinski definition) is 9. The topological polar surface area (TPSA) is 279 Å². The van der Waals surface area contributed by atoms with Gasteiger partial charge in [0.1, 0.15) is 23.4 Å². The average Bonchev–Trinajstić information content (AvgIpc) is 3.10. The highest BCUT2D eigenvalue weighted by molar-refractivity contribution is 5.91. The monoisotopic (exact) mass is 737 g/mol. The molecule has 18 nitrogen and oxygen atoms in total. The van der Waals surface area contributed by atoms with Crippen LogP contribution in [0.4, 0.5) is 0 Å². The Labute approximate surface area is 297 Å². The van der Waals surface area contributed by atoms with Crippen LogP contribution in [0.3, 0.4) is 0 Å². The van der Waals surface area contributed by atoms with E-state index in [1.807, 2.05) is 0 Å². The summed E-state index contributed by atoms with van der Waals surface area (Å²) in [6, 6.07) is 5.92. The highest BCUT2D eigenvalue weighted by Crippen LogP contribution is 2.51. The molecule has 10 N–H and O–H groups in total. The lowest BCUT2D eigenvalue weighted by atomic mass is 9.90. The van der Waals surface area contributed by atoms with E-state index in [0.717, 1.165) is 36.4 Å². The third-order valence-corrected chi connectivity index (χ3v) is 7.48. The lowest BCUT2D eigenvalue weighted by molar-refractivity contribution is -0.118. The zero-order valence-electron chi connectivity index (χ0n) is 28.0. The van der Waals surface area contributed by atoms with E-state index in [-0.39, 0.29) is 49.1 Å². The number of carbonyl (C=O) groups is 1. The summed E-state index contributed by atoms with van der Waals surface area (Å²) in [6.45, 7) is 3.60. The van der Waals surface area contributed by atoms with Crippen molar-refractivity contribution in [3.63, 3.8) is 0 Å². The Morgan fingerprint density at radius 1 is 0.596 bits per heavy atom. The number of rotatable bonds is 21. The summed E-state index contributed by atoms with van der Waals surface area (Å²) < 4.78 is 44.9. The molecular weight excluding hydrogens is 694 g/mol. The molecule has 0 aliphatic carbocycles. The molecule has 0 spiro atoms. The molecule has 0 fully saturated rings. The predicted molar refractivity (Wildman–Crippen MR) is 177 cm³/mol. The zero-order chi connectivity index (χ0) is 37.6. The van der Waals surface area contributed by atoms with Crippen molar-refractivity contribution in [1.29, 1.82) is 0 Å². The minimum absolute atomic E-state index is 0.00353. The van der Waals surface area contributed by atoms with Crippen molar-refractivity contribution in [3.8, 4) is 51.7 Å². The first kappa shape index (κ1) is 39.8. The summed E-state index contributed by atoms with van der Waals surface area (Å²) in [4.78, 5) is 13.4. The fourth-order valence-electron chi connectivity index (χ4n) is 5.07. The molecule has 3 aromatic rings. The van der Waals surface area contributed by atoms with Crippen molar-refractivity contribution in [1.82, 2.24) is 0 Å². The van der Waals surface area contributed by atoms with Gasteiger partial charge in [-0.25, -0.2) is 4.79 Å². The van der Waals surface area contributed by atoms with Crippen LogP contribution in [-0.2, 0) is 33.2 Å². The van der Waals surface area contributed by atoms with Gasteiger partial charge in [0.05, 0.1) is 83.8 Å². The molecule has 1 aliphatic rings. The van der Waals surface area contributed by atoms with Gasteiger partial charge in [-0.05, 0) is 24.3 Å². The Morgan fingerprint density at radius 2 is 1.06 bits per heavy atom. The van der Waals surface area contributed by atoms with Gasteiger partial charge in [0, 0.05) is 24.2 Å². The Morgan fingerprint density at radius 3 is 1.56 bits per heavy atom. The molecule has 0 saturated carbocycles. The molecular formula is C34H43NO17. The summed E-state index contributed by atoms with van der Waals surface area (Å²) >= 11 is 0. The van der Waals surface area contributed by atoms with Crippen molar-refractivity contribution >= 4 is 5.97 Å². The molecule has 3 unspecified atom stereocenters. The van der Waals surface area contributed by atoms with Gasteiger partial charge in [0.25, 0.3) is 0 Å². The molecule has 0 bridgehead atoms. The molecule has 1 aliphatic heterocycles. The van der Waals surface area contributed by atoms with E-state index in [4.69, 9.17) is 43.6 Å². The number of fused-ring (bicyclic) bond motifs is 1. The Balaban J connectivity index is 1.40. The van der Waals surface area contributed by atoms with Gasteiger partial charge < -0.3 is 84.5 Å². The number of aromatic hydroxyl groups is 8. The molecule has 286 valence electrons. The highest BCUT2D eigenvalue weighted by Gasteiger charge is 2.45. The van der Waals surface area contributed by atoms with Crippen LogP contribution in [0.15, 0.2) is 36.4 Å². The zero-order valence-corrected chi connectivity index (χ0v) is 28.0. The van der Waals surface area contributed by atoms with Crippen molar-refractivity contribution in [3.05, 3.63) is 53.1 Å². The summed E-state index contributed by atoms with van der Waals surface area (Å²) in [5, 5.41) is 81.2. The molecule has 3 atom stereocenters. The van der Waals surface area contributed by atoms with E-state index in [9.17, 15) is 45.6 Å². The summed E-state index contributed by atoms with van der Waals surface area (Å²) in [6.07, 6.45) is -4.30. The van der Waals surface area contributed by atoms with Gasteiger partial charge in [-0.1, -0.05) is 0 Å². The second-order valence-corrected chi connectivity index (χ2v) is 11.2. The first-order chi connectivity index (χ1) is 25.0. The Bertz CT molecular complexity index is 1570. The predicted octanol–water partition coefficient (Wildman–Crippen LogP) is 1.79. The number of carbonyl (C=O) groups excluding carboxylic acids is 1. The van der Waals surface area contributed by atoms with Crippen molar-refractivity contribution < 1.29 is 83.5 Å².